The lowest BCUT2D eigenvalue weighted by molar-refractivity contribution is 0.597. The molecule has 1 aromatic rings. The van der Waals surface area contributed by atoms with E-state index in [1.807, 2.05) is 13.0 Å². The van der Waals surface area contributed by atoms with Crippen LogP contribution < -0.4 is 11.1 Å². The minimum Gasteiger partial charge on any atom is -0.396 e. The number of aryl methyl sites for hydroxylation is 1. The van der Waals surface area contributed by atoms with Gasteiger partial charge in [0.1, 0.15) is 5.82 Å². The summed E-state index contributed by atoms with van der Waals surface area (Å²) in [5.74, 6) is 0.801. The lowest BCUT2D eigenvalue weighted by atomic mass is 10.2. The van der Waals surface area contributed by atoms with Crippen molar-refractivity contribution in [2.45, 2.75) is 13.8 Å². The molecule has 0 aromatic carbocycles. The van der Waals surface area contributed by atoms with Crippen LogP contribution in [0, 0.1) is 6.92 Å². The highest BCUT2D eigenvalue weighted by Gasteiger charge is 2.08. The zero-order valence-corrected chi connectivity index (χ0v) is 10.3. The van der Waals surface area contributed by atoms with Crippen molar-refractivity contribution in [2.24, 2.45) is 0 Å². The molecule has 1 heterocycles. The first kappa shape index (κ1) is 12.8. The van der Waals surface area contributed by atoms with Gasteiger partial charge in [-0.1, -0.05) is 6.92 Å². The van der Waals surface area contributed by atoms with Gasteiger partial charge in [-0.3, -0.25) is 0 Å². The molecule has 3 N–H and O–H groups in total. The molecular weight excluding hydrogens is 226 g/mol. The Kier molecular flexibility index (Phi) is 4.12. The molecule has 16 heavy (non-hydrogen) atoms. The molecule has 0 radical (unpaired) electrons. The van der Waals surface area contributed by atoms with Crippen molar-refractivity contribution in [3.05, 3.63) is 17.8 Å². The minimum absolute atomic E-state index is 0.0958. The highest BCUT2D eigenvalue weighted by molar-refractivity contribution is 7.91. The second-order valence-electron chi connectivity index (χ2n) is 3.55. The van der Waals surface area contributed by atoms with Crippen molar-refractivity contribution < 1.29 is 8.42 Å². The average molecular weight is 243 g/mol. The summed E-state index contributed by atoms with van der Waals surface area (Å²) in [4.78, 5) is 4.05. The summed E-state index contributed by atoms with van der Waals surface area (Å²) in [6.45, 7) is 3.84. The van der Waals surface area contributed by atoms with Gasteiger partial charge in [-0.25, -0.2) is 13.4 Å². The Morgan fingerprint density at radius 2 is 2.19 bits per heavy atom. The molecule has 0 aliphatic carbocycles. The van der Waals surface area contributed by atoms with E-state index in [9.17, 15) is 8.42 Å². The van der Waals surface area contributed by atoms with Gasteiger partial charge in [-0.05, 0) is 18.6 Å². The van der Waals surface area contributed by atoms with Crippen molar-refractivity contribution in [2.75, 3.05) is 29.1 Å². The molecule has 0 fully saturated rings. The number of nitrogens with zero attached hydrogens (tertiary/aromatic N) is 1. The van der Waals surface area contributed by atoms with Crippen molar-refractivity contribution in [3.63, 3.8) is 0 Å². The maximum Gasteiger partial charge on any atom is 0.151 e. The van der Waals surface area contributed by atoms with E-state index in [2.05, 4.69) is 10.3 Å². The van der Waals surface area contributed by atoms with Crippen molar-refractivity contribution in [1.82, 2.24) is 4.98 Å². The third-order valence-electron chi connectivity index (χ3n) is 2.35. The first-order valence-electron chi connectivity index (χ1n) is 5.11. The number of aromatic nitrogens is 1. The second kappa shape index (κ2) is 5.16. The highest BCUT2D eigenvalue weighted by atomic mass is 32.2. The molecule has 6 heteroatoms. The van der Waals surface area contributed by atoms with Gasteiger partial charge in [0.25, 0.3) is 0 Å². The van der Waals surface area contributed by atoms with Gasteiger partial charge in [-0.2, -0.15) is 0 Å². The molecule has 0 aliphatic heterocycles. The molecule has 0 amide bonds. The number of anilines is 2. The van der Waals surface area contributed by atoms with Crippen LogP contribution in [0.4, 0.5) is 11.5 Å². The maximum atomic E-state index is 11.2. The van der Waals surface area contributed by atoms with Crippen molar-refractivity contribution in [1.29, 1.82) is 0 Å². The number of nitrogens with one attached hydrogen (secondary N) is 1. The number of nitrogen functional groups attached to an aromatic ring is 1. The van der Waals surface area contributed by atoms with Crippen LogP contribution in [0.1, 0.15) is 12.5 Å². The monoisotopic (exact) mass is 243 g/mol. The molecule has 0 atom stereocenters. The number of hydrogen-bond acceptors (Lipinski definition) is 5. The van der Waals surface area contributed by atoms with E-state index >= 15 is 0 Å². The van der Waals surface area contributed by atoms with E-state index in [1.165, 1.54) is 0 Å². The molecule has 0 aliphatic rings. The molecular formula is C10H17N3O2S. The lowest BCUT2D eigenvalue weighted by Crippen LogP contribution is -2.18. The summed E-state index contributed by atoms with van der Waals surface area (Å²) in [6, 6.07) is 1.81. The Hall–Kier alpha value is -1.30. The fourth-order valence-corrected chi connectivity index (χ4v) is 1.88. The lowest BCUT2D eigenvalue weighted by Gasteiger charge is -2.09. The van der Waals surface area contributed by atoms with Crippen molar-refractivity contribution >= 4 is 21.3 Å². The average Bonchev–Trinajstić information content (AvgIpc) is 2.24. The summed E-state index contributed by atoms with van der Waals surface area (Å²) in [5.41, 5.74) is 7.28. The topological polar surface area (TPSA) is 85.1 Å². The molecule has 0 bridgehead atoms. The Morgan fingerprint density at radius 3 is 2.81 bits per heavy atom. The molecule has 5 nitrogen and oxygen atoms in total. The molecule has 1 aromatic heterocycles. The van der Waals surface area contributed by atoms with Crippen LogP contribution in [0.3, 0.4) is 0 Å². The Morgan fingerprint density at radius 1 is 1.50 bits per heavy atom. The number of rotatable bonds is 5. The molecule has 1 rings (SSSR count). The van der Waals surface area contributed by atoms with E-state index in [0.29, 0.717) is 18.1 Å². The quantitative estimate of drug-likeness (QED) is 0.799. The number of nitrogens with two attached hydrogens (primary N) is 1. The predicted molar refractivity (Wildman–Crippen MR) is 66.2 cm³/mol. The van der Waals surface area contributed by atoms with Crippen LogP contribution in [0.25, 0.3) is 0 Å². The van der Waals surface area contributed by atoms with E-state index in [4.69, 9.17) is 5.73 Å². The first-order valence-corrected chi connectivity index (χ1v) is 6.94. The van der Waals surface area contributed by atoms with Crippen molar-refractivity contribution in [3.8, 4) is 0 Å². The third kappa shape index (κ3) is 3.37. The summed E-state index contributed by atoms with van der Waals surface area (Å²) >= 11 is 0. The van der Waals surface area contributed by atoms with Crippen LogP contribution in [0.2, 0.25) is 0 Å². The van der Waals surface area contributed by atoms with Gasteiger partial charge in [0.2, 0.25) is 0 Å². The zero-order chi connectivity index (χ0) is 12.2. The molecule has 0 unspecified atom stereocenters. The summed E-state index contributed by atoms with van der Waals surface area (Å²) in [6.07, 6.45) is 1.64. The first-order chi connectivity index (χ1) is 7.46. The van der Waals surface area contributed by atoms with Gasteiger partial charge in [-0.15, -0.1) is 0 Å². The minimum atomic E-state index is -2.94. The normalized spacial score (nSPS) is 11.4. The van der Waals surface area contributed by atoms with Gasteiger partial charge in [0, 0.05) is 18.5 Å². The summed E-state index contributed by atoms with van der Waals surface area (Å²) in [5, 5.41) is 2.93. The van der Waals surface area contributed by atoms with E-state index in [0.717, 1.165) is 5.56 Å². The number of hydrogen-bond donors (Lipinski definition) is 2. The molecule has 0 saturated carbocycles. The van der Waals surface area contributed by atoms with E-state index in [-0.39, 0.29) is 11.5 Å². The Bertz CT molecular complexity index is 457. The Balaban J connectivity index is 2.59. The van der Waals surface area contributed by atoms with E-state index < -0.39 is 9.84 Å². The molecule has 0 spiro atoms. The SMILES string of the molecule is CCS(=O)(=O)CCNc1nccc(C)c1N. The number of sulfone groups is 1. The van der Waals surface area contributed by atoms with Gasteiger partial charge < -0.3 is 11.1 Å². The molecule has 90 valence electrons. The van der Waals surface area contributed by atoms with Crippen LogP contribution in [-0.2, 0) is 9.84 Å². The van der Waals surface area contributed by atoms with Crippen LogP contribution in [0.15, 0.2) is 12.3 Å². The van der Waals surface area contributed by atoms with Crippen LogP contribution in [0.5, 0.6) is 0 Å². The predicted octanol–water partition coefficient (Wildman–Crippen LogP) is 0.819. The second-order valence-corrected chi connectivity index (χ2v) is 6.03. The highest BCUT2D eigenvalue weighted by Crippen LogP contribution is 2.18. The van der Waals surface area contributed by atoms with E-state index in [1.54, 1.807) is 13.1 Å². The smallest absolute Gasteiger partial charge is 0.151 e. The number of pyridine rings is 1. The maximum absolute atomic E-state index is 11.2. The third-order valence-corrected chi connectivity index (χ3v) is 4.06. The van der Waals surface area contributed by atoms with Gasteiger partial charge in [0.15, 0.2) is 9.84 Å². The fraction of sp³-hybridized carbons (Fsp3) is 0.500. The molecule has 0 saturated heterocycles. The van der Waals surface area contributed by atoms with Crippen LogP contribution >= 0.6 is 0 Å². The summed E-state index contributed by atoms with van der Waals surface area (Å²) < 4.78 is 22.5. The fourth-order valence-electron chi connectivity index (χ4n) is 1.18. The van der Waals surface area contributed by atoms with Crippen LogP contribution in [-0.4, -0.2) is 31.5 Å². The van der Waals surface area contributed by atoms with Gasteiger partial charge >= 0.3 is 0 Å². The standard InChI is InChI=1S/C10H17N3O2S/c1-3-16(14,15)7-6-13-10-9(11)8(2)4-5-12-10/h4-5H,3,6-7,11H2,1-2H3,(H,12,13). The zero-order valence-electron chi connectivity index (χ0n) is 9.53. The van der Waals surface area contributed by atoms with Gasteiger partial charge in [0.05, 0.1) is 11.4 Å². The largest absolute Gasteiger partial charge is 0.396 e. The Labute approximate surface area is 96.0 Å². The summed E-state index contributed by atoms with van der Waals surface area (Å²) in [7, 11) is -2.94.